The Balaban J connectivity index is 2.01. The Hall–Kier alpha value is -2.60. The van der Waals surface area contributed by atoms with Gasteiger partial charge in [-0.2, -0.15) is 0 Å². The fourth-order valence-electron chi connectivity index (χ4n) is 1.96. The molecule has 1 N–H and O–H groups in total. The summed E-state index contributed by atoms with van der Waals surface area (Å²) in [5, 5.41) is 2.82. The summed E-state index contributed by atoms with van der Waals surface area (Å²) in [6.07, 6.45) is -0.828. The molecule has 0 radical (unpaired) electrons. The molecule has 0 saturated heterocycles. The molecule has 1 amide bonds. The Labute approximate surface area is 149 Å². The molecule has 25 heavy (non-hydrogen) atoms. The van der Waals surface area contributed by atoms with Crippen molar-refractivity contribution in [3.8, 4) is 5.75 Å². The number of hydrogen-bond donors (Lipinski definition) is 1. The van der Waals surface area contributed by atoms with Crippen LogP contribution in [0.1, 0.15) is 24.2 Å². The van der Waals surface area contributed by atoms with Crippen molar-refractivity contribution in [2.24, 2.45) is 0 Å². The maximum atomic E-state index is 12.9. The molecule has 2 aromatic carbocycles. The van der Waals surface area contributed by atoms with E-state index in [2.05, 4.69) is 5.32 Å². The lowest BCUT2D eigenvalue weighted by Gasteiger charge is -2.15. The van der Waals surface area contributed by atoms with E-state index in [1.165, 1.54) is 42.5 Å². The van der Waals surface area contributed by atoms with Crippen LogP contribution in [0.4, 0.5) is 10.1 Å². The summed E-state index contributed by atoms with van der Waals surface area (Å²) < 4.78 is 23.2. The SMILES string of the molecule is CCOC(=O)c1ccc(NC(=O)[C@@H](C)Oc2ccc(F)cc2)c(Cl)c1. The maximum absolute atomic E-state index is 12.9. The van der Waals surface area contributed by atoms with Crippen LogP contribution in [0.3, 0.4) is 0 Å². The minimum absolute atomic E-state index is 0.202. The second kappa shape index (κ2) is 8.48. The van der Waals surface area contributed by atoms with Crippen molar-refractivity contribution in [3.63, 3.8) is 0 Å². The van der Waals surface area contributed by atoms with Crippen LogP contribution in [-0.4, -0.2) is 24.6 Å². The molecule has 0 unspecified atom stereocenters. The minimum atomic E-state index is -0.828. The highest BCUT2D eigenvalue weighted by Crippen LogP contribution is 2.24. The number of nitrogens with one attached hydrogen (secondary N) is 1. The normalized spacial score (nSPS) is 11.5. The summed E-state index contributed by atoms with van der Waals surface area (Å²) in [6.45, 7) is 3.52. The quantitative estimate of drug-likeness (QED) is 0.784. The monoisotopic (exact) mass is 365 g/mol. The van der Waals surface area contributed by atoms with E-state index in [9.17, 15) is 14.0 Å². The molecule has 0 aromatic heterocycles. The lowest BCUT2D eigenvalue weighted by Crippen LogP contribution is -2.30. The van der Waals surface area contributed by atoms with Gasteiger partial charge < -0.3 is 14.8 Å². The van der Waals surface area contributed by atoms with Crippen LogP contribution in [0.2, 0.25) is 5.02 Å². The molecule has 0 saturated carbocycles. The van der Waals surface area contributed by atoms with Crippen LogP contribution >= 0.6 is 11.6 Å². The molecule has 0 spiro atoms. The summed E-state index contributed by atoms with van der Waals surface area (Å²) in [7, 11) is 0. The second-order valence-electron chi connectivity index (χ2n) is 5.12. The highest BCUT2D eigenvalue weighted by Gasteiger charge is 2.17. The highest BCUT2D eigenvalue weighted by molar-refractivity contribution is 6.34. The van der Waals surface area contributed by atoms with Crippen molar-refractivity contribution in [3.05, 3.63) is 58.9 Å². The third kappa shape index (κ3) is 5.19. The topological polar surface area (TPSA) is 64.6 Å². The molecule has 0 heterocycles. The third-order valence-electron chi connectivity index (χ3n) is 3.23. The number of carbonyl (C=O) groups is 2. The first-order valence-electron chi connectivity index (χ1n) is 7.60. The Morgan fingerprint density at radius 2 is 1.88 bits per heavy atom. The molecule has 7 heteroatoms. The second-order valence-corrected chi connectivity index (χ2v) is 5.53. The fraction of sp³-hybridized carbons (Fsp3) is 0.222. The number of anilines is 1. The Kier molecular flexibility index (Phi) is 6.36. The molecular formula is C18H17ClFNO4. The molecular weight excluding hydrogens is 349 g/mol. The van der Waals surface area contributed by atoms with Crippen LogP contribution in [-0.2, 0) is 9.53 Å². The molecule has 1 atom stereocenters. The Morgan fingerprint density at radius 3 is 2.48 bits per heavy atom. The van der Waals surface area contributed by atoms with Crippen molar-refractivity contribution in [1.29, 1.82) is 0 Å². The number of esters is 1. The number of halogens is 2. The van der Waals surface area contributed by atoms with E-state index in [0.717, 1.165) is 0 Å². The van der Waals surface area contributed by atoms with Gasteiger partial charge in [-0.15, -0.1) is 0 Å². The van der Waals surface area contributed by atoms with Gasteiger partial charge in [-0.25, -0.2) is 9.18 Å². The Bertz CT molecular complexity index is 764. The van der Waals surface area contributed by atoms with Crippen LogP contribution in [0, 0.1) is 5.82 Å². The number of rotatable bonds is 6. The number of ether oxygens (including phenoxy) is 2. The predicted octanol–water partition coefficient (Wildman–Crippen LogP) is 4.06. The number of amides is 1. The van der Waals surface area contributed by atoms with Crippen LogP contribution < -0.4 is 10.1 Å². The molecule has 5 nitrogen and oxygen atoms in total. The van der Waals surface area contributed by atoms with E-state index in [-0.39, 0.29) is 11.6 Å². The zero-order chi connectivity index (χ0) is 18.4. The average Bonchev–Trinajstić information content (AvgIpc) is 2.58. The van der Waals surface area contributed by atoms with Gasteiger partial charge in [-0.1, -0.05) is 11.6 Å². The molecule has 132 valence electrons. The fourth-order valence-corrected chi connectivity index (χ4v) is 2.19. The van der Waals surface area contributed by atoms with Crippen molar-refractivity contribution in [2.45, 2.75) is 20.0 Å². The number of benzene rings is 2. The van der Waals surface area contributed by atoms with Gasteiger partial charge in [0.15, 0.2) is 6.10 Å². The van der Waals surface area contributed by atoms with Gasteiger partial charge in [-0.3, -0.25) is 4.79 Å². The zero-order valence-corrected chi connectivity index (χ0v) is 14.5. The molecule has 0 bridgehead atoms. The largest absolute Gasteiger partial charge is 0.481 e. The van der Waals surface area contributed by atoms with Gasteiger partial charge in [0.25, 0.3) is 5.91 Å². The molecule has 0 aliphatic carbocycles. The van der Waals surface area contributed by atoms with Gasteiger partial charge in [0.2, 0.25) is 0 Å². The molecule has 0 aliphatic rings. The lowest BCUT2D eigenvalue weighted by molar-refractivity contribution is -0.122. The maximum Gasteiger partial charge on any atom is 0.338 e. The van der Waals surface area contributed by atoms with Crippen LogP contribution in [0.15, 0.2) is 42.5 Å². The summed E-state index contributed by atoms with van der Waals surface area (Å²) in [6, 6.07) is 9.78. The van der Waals surface area contributed by atoms with Gasteiger partial charge in [0, 0.05) is 0 Å². The molecule has 2 aromatic rings. The van der Waals surface area contributed by atoms with E-state index in [1.807, 2.05) is 0 Å². The average molecular weight is 366 g/mol. The van der Waals surface area contributed by atoms with Crippen molar-refractivity contribution < 1.29 is 23.5 Å². The first kappa shape index (κ1) is 18.7. The first-order chi connectivity index (χ1) is 11.9. The highest BCUT2D eigenvalue weighted by atomic mass is 35.5. The summed E-state index contributed by atoms with van der Waals surface area (Å²) in [4.78, 5) is 23.8. The van der Waals surface area contributed by atoms with Gasteiger partial charge in [0.1, 0.15) is 11.6 Å². The van der Waals surface area contributed by atoms with E-state index in [0.29, 0.717) is 17.0 Å². The third-order valence-corrected chi connectivity index (χ3v) is 3.55. The molecule has 0 fully saturated rings. The van der Waals surface area contributed by atoms with Gasteiger partial charge in [0.05, 0.1) is 22.9 Å². The zero-order valence-electron chi connectivity index (χ0n) is 13.7. The van der Waals surface area contributed by atoms with Crippen molar-refractivity contribution in [1.82, 2.24) is 0 Å². The van der Waals surface area contributed by atoms with Gasteiger partial charge >= 0.3 is 5.97 Å². The number of carbonyl (C=O) groups excluding carboxylic acids is 2. The smallest absolute Gasteiger partial charge is 0.338 e. The minimum Gasteiger partial charge on any atom is -0.481 e. The predicted molar refractivity (Wildman–Crippen MR) is 92.5 cm³/mol. The van der Waals surface area contributed by atoms with E-state index >= 15 is 0 Å². The van der Waals surface area contributed by atoms with Crippen LogP contribution in [0.5, 0.6) is 5.75 Å². The van der Waals surface area contributed by atoms with E-state index < -0.39 is 23.8 Å². The first-order valence-corrected chi connectivity index (χ1v) is 7.98. The lowest BCUT2D eigenvalue weighted by atomic mass is 10.2. The standard InChI is InChI=1S/C18H17ClFNO4/c1-3-24-18(23)12-4-9-16(15(19)10-12)21-17(22)11(2)25-14-7-5-13(20)6-8-14/h4-11H,3H2,1-2H3,(H,21,22)/t11-/m1/s1. The summed E-state index contributed by atoms with van der Waals surface area (Å²) >= 11 is 6.10. The van der Waals surface area contributed by atoms with Crippen molar-refractivity contribution in [2.75, 3.05) is 11.9 Å². The van der Waals surface area contributed by atoms with Crippen molar-refractivity contribution >= 4 is 29.2 Å². The number of hydrogen-bond acceptors (Lipinski definition) is 4. The summed E-state index contributed by atoms with van der Waals surface area (Å²) in [5.74, 6) is -0.948. The van der Waals surface area contributed by atoms with Gasteiger partial charge in [-0.05, 0) is 56.3 Å². The summed E-state index contributed by atoms with van der Waals surface area (Å²) in [5.41, 5.74) is 0.634. The molecule has 0 aliphatic heterocycles. The van der Waals surface area contributed by atoms with Crippen LogP contribution in [0.25, 0.3) is 0 Å². The van der Waals surface area contributed by atoms with E-state index in [4.69, 9.17) is 21.1 Å². The molecule has 2 rings (SSSR count). The Morgan fingerprint density at radius 1 is 1.20 bits per heavy atom. The van der Waals surface area contributed by atoms with E-state index in [1.54, 1.807) is 13.8 Å².